The van der Waals surface area contributed by atoms with Gasteiger partial charge < -0.3 is 14.1 Å². The van der Waals surface area contributed by atoms with E-state index in [9.17, 15) is 9.59 Å². The second-order valence-corrected chi connectivity index (χ2v) is 7.28. The SMILES string of the molecule is CC1CCCCN1C1CN(C(=O)COc2ccc3ccc(=O)oc3c2)C1. The molecule has 0 spiro atoms. The van der Waals surface area contributed by atoms with Crippen molar-refractivity contribution in [3.63, 3.8) is 0 Å². The van der Waals surface area contributed by atoms with E-state index in [4.69, 9.17) is 9.15 Å². The standard InChI is InChI=1S/C20H24N2O4/c1-14-4-2-3-9-22(14)16-11-21(12-16)19(23)13-25-17-7-5-15-6-8-20(24)26-18(15)10-17/h5-8,10,14,16H,2-4,9,11-13H2,1H3. The van der Waals surface area contributed by atoms with Crippen molar-refractivity contribution < 1.29 is 13.9 Å². The number of carbonyl (C=O) groups is 1. The Hall–Kier alpha value is -2.34. The molecule has 0 aliphatic carbocycles. The van der Waals surface area contributed by atoms with Gasteiger partial charge in [0.15, 0.2) is 6.61 Å². The van der Waals surface area contributed by atoms with Gasteiger partial charge in [-0.25, -0.2) is 4.79 Å². The maximum Gasteiger partial charge on any atom is 0.336 e. The minimum absolute atomic E-state index is 0.000485. The zero-order valence-electron chi connectivity index (χ0n) is 15.0. The second-order valence-electron chi connectivity index (χ2n) is 7.28. The van der Waals surface area contributed by atoms with Crippen LogP contribution in [0.2, 0.25) is 0 Å². The summed E-state index contributed by atoms with van der Waals surface area (Å²) in [5.74, 6) is 0.530. The Bertz CT molecular complexity index is 856. The molecule has 0 N–H and O–H groups in total. The third-order valence-corrected chi connectivity index (χ3v) is 5.50. The molecule has 2 aromatic rings. The number of piperidine rings is 1. The molecule has 1 atom stereocenters. The number of amides is 1. The molecular weight excluding hydrogens is 332 g/mol. The maximum atomic E-state index is 12.3. The lowest BCUT2D eigenvalue weighted by molar-refractivity contribution is -0.142. The molecule has 0 radical (unpaired) electrons. The molecule has 3 heterocycles. The van der Waals surface area contributed by atoms with Gasteiger partial charge in [0.25, 0.3) is 5.91 Å². The normalized spacial score (nSPS) is 21.6. The molecule has 26 heavy (non-hydrogen) atoms. The number of carbonyl (C=O) groups excluding carboxylic acids is 1. The van der Waals surface area contributed by atoms with E-state index in [2.05, 4.69) is 11.8 Å². The summed E-state index contributed by atoms with van der Waals surface area (Å²) in [5, 5.41) is 0.824. The summed E-state index contributed by atoms with van der Waals surface area (Å²) in [7, 11) is 0. The molecule has 1 aromatic heterocycles. The summed E-state index contributed by atoms with van der Waals surface area (Å²) in [6.07, 6.45) is 3.83. The van der Waals surface area contributed by atoms with Crippen molar-refractivity contribution in [3.05, 3.63) is 40.8 Å². The van der Waals surface area contributed by atoms with Crippen LogP contribution in [-0.4, -0.2) is 54.0 Å². The van der Waals surface area contributed by atoms with Gasteiger partial charge in [-0.15, -0.1) is 0 Å². The van der Waals surface area contributed by atoms with Gasteiger partial charge in [0, 0.05) is 42.7 Å². The monoisotopic (exact) mass is 356 g/mol. The number of rotatable bonds is 4. The molecule has 2 fully saturated rings. The summed E-state index contributed by atoms with van der Waals surface area (Å²) in [4.78, 5) is 28.0. The van der Waals surface area contributed by atoms with E-state index < -0.39 is 5.63 Å². The van der Waals surface area contributed by atoms with Crippen molar-refractivity contribution in [3.8, 4) is 5.75 Å². The largest absolute Gasteiger partial charge is 0.484 e. The first kappa shape index (κ1) is 17.1. The molecule has 1 unspecified atom stereocenters. The summed E-state index contributed by atoms with van der Waals surface area (Å²) < 4.78 is 10.8. The highest BCUT2D eigenvalue weighted by molar-refractivity contribution is 5.80. The maximum absolute atomic E-state index is 12.3. The van der Waals surface area contributed by atoms with Crippen LogP contribution in [0.3, 0.4) is 0 Å². The predicted octanol–water partition coefficient (Wildman–Crippen LogP) is 2.26. The molecule has 138 valence electrons. The highest BCUT2D eigenvalue weighted by Crippen LogP contribution is 2.25. The number of hydrogen-bond donors (Lipinski definition) is 0. The Morgan fingerprint density at radius 3 is 2.85 bits per heavy atom. The first-order chi connectivity index (χ1) is 12.6. The van der Waals surface area contributed by atoms with Crippen LogP contribution >= 0.6 is 0 Å². The molecule has 6 nitrogen and oxygen atoms in total. The number of nitrogens with zero attached hydrogens (tertiary/aromatic N) is 2. The smallest absolute Gasteiger partial charge is 0.336 e. The Morgan fingerprint density at radius 2 is 2.04 bits per heavy atom. The minimum Gasteiger partial charge on any atom is -0.484 e. The van der Waals surface area contributed by atoms with Crippen molar-refractivity contribution >= 4 is 16.9 Å². The zero-order valence-corrected chi connectivity index (χ0v) is 15.0. The van der Waals surface area contributed by atoms with Crippen LogP contribution in [0.15, 0.2) is 39.5 Å². The van der Waals surface area contributed by atoms with E-state index in [1.54, 1.807) is 18.2 Å². The lowest BCUT2D eigenvalue weighted by Gasteiger charge is -2.49. The average Bonchev–Trinajstić information content (AvgIpc) is 2.60. The van der Waals surface area contributed by atoms with Gasteiger partial charge in [-0.3, -0.25) is 9.69 Å². The zero-order chi connectivity index (χ0) is 18.1. The fourth-order valence-electron chi connectivity index (χ4n) is 3.90. The molecule has 1 amide bonds. The van der Waals surface area contributed by atoms with E-state index in [1.807, 2.05) is 11.0 Å². The van der Waals surface area contributed by atoms with E-state index in [0.29, 0.717) is 23.4 Å². The van der Waals surface area contributed by atoms with Crippen LogP contribution in [0.4, 0.5) is 0 Å². The average molecular weight is 356 g/mol. The Morgan fingerprint density at radius 1 is 1.23 bits per heavy atom. The van der Waals surface area contributed by atoms with Gasteiger partial charge in [0.1, 0.15) is 11.3 Å². The second kappa shape index (κ2) is 7.11. The highest BCUT2D eigenvalue weighted by atomic mass is 16.5. The summed E-state index contributed by atoms with van der Waals surface area (Å²) in [6, 6.07) is 9.45. The third-order valence-electron chi connectivity index (χ3n) is 5.50. The van der Waals surface area contributed by atoms with Crippen LogP contribution in [0.25, 0.3) is 11.0 Å². The number of benzene rings is 1. The van der Waals surface area contributed by atoms with Crippen molar-refractivity contribution in [2.45, 2.75) is 38.3 Å². The number of ether oxygens (including phenoxy) is 1. The fourth-order valence-corrected chi connectivity index (χ4v) is 3.90. The van der Waals surface area contributed by atoms with Crippen molar-refractivity contribution in [2.24, 2.45) is 0 Å². The molecular formula is C20H24N2O4. The van der Waals surface area contributed by atoms with Gasteiger partial charge in [-0.05, 0) is 44.5 Å². The molecule has 2 saturated heterocycles. The van der Waals surface area contributed by atoms with Gasteiger partial charge in [-0.2, -0.15) is 0 Å². The molecule has 6 heteroatoms. The fraction of sp³-hybridized carbons (Fsp3) is 0.500. The van der Waals surface area contributed by atoms with Crippen LogP contribution in [0.1, 0.15) is 26.2 Å². The lowest BCUT2D eigenvalue weighted by atomic mass is 9.97. The van der Waals surface area contributed by atoms with Crippen molar-refractivity contribution in [2.75, 3.05) is 26.2 Å². The van der Waals surface area contributed by atoms with Gasteiger partial charge in [-0.1, -0.05) is 6.42 Å². The van der Waals surface area contributed by atoms with E-state index in [-0.39, 0.29) is 12.5 Å². The molecule has 4 rings (SSSR count). The Kier molecular flexibility index (Phi) is 4.68. The van der Waals surface area contributed by atoms with Crippen LogP contribution < -0.4 is 10.4 Å². The molecule has 2 aliphatic heterocycles. The molecule has 0 bridgehead atoms. The molecule has 0 saturated carbocycles. The Labute approximate surface area is 152 Å². The highest BCUT2D eigenvalue weighted by Gasteiger charge is 2.37. The number of likely N-dealkylation sites (tertiary alicyclic amines) is 2. The van der Waals surface area contributed by atoms with Crippen molar-refractivity contribution in [1.29, 1.82) is 0 Å². The number of hydrogen-bond acceptors (Lipinski definition) is 5. The topological polar surface area (TPSA) is 63.0 Å². The van der Waals surface area contributed by atoms with Crippen molar-refractivity contribution in [1.82, 2.24) is 9.80 Å². The van der Waals surface area contributed by atoms with Crippen LogP contribution in [0.5, 0.6) is 5.75 Å². The molecule has 1 aromatic carbocycles. The van der Waals surface area contributed by atoms with E-state index >= 15 is 0 Å². The Balaban J connectivity index is 1.30. The lowest BCUT2D eigenvalue weighted by Crippen LogP contribution is -2.64. The predicted molar refractivity (Wildman–Crippen MR) is 98.4 cm³/mol. The summed E-state index contributed by atoms with van der Waals surface area (Å²) in [6.45, 7) is 5.01. The van der Waals surface area contributed by atoms with E-state index in [1.165, 1.54) is 25.3 Å². The van der Waals surface area contributed by atoms with Gasteiger partial charge in [0.2, 0.25) is 0 Å². The van der Waals surface area contributed by atoms with E-state index in [0.717, 1.165) is 25.0 Å². The first-order valence-electron chi connectivity index (χ1n) is 9.30. The third kappa shape index (κ3) is 3.46. The first-order valence-corrected chi connectivity index (χ1v) is 9.30. The van der Waals surface area contributed by atoms with Crippen LogP contribution in [0, 0.1) is 0 Å². The van der Waals surface area contributed by atoms with Crippen LogP contribution in [-0.2, 0) is 4.79 Å². The summed E-state index contributed by atoms with van der Waals surface area (Å²) in [5.41, 5.74) is 0.0647. The van der Waals surface area contributed by atoms with Gasteiger partial charge >= 0.3 is 5.63 Å². The molecule has 2 aliphatic rings. The quantitative estimate of drug-likeness (QED) is 0.787. The van der Waals surface area contributed by atoms with Gasteiger partial charge in [0.05, 0.1) is 0 Å². The number of fused-ring (bicyclic) bond motifs is 1. The minimum atomic E-state index is -0.399. The summed E-state index contributed by atoms with van der Waals surface area (Å²) >= 11 is 0.